The van der Waals surface area contributed by atoms with Gasteiger partial charge in [-0.05, 0) is 12.1 Å². The van der Waals surface area contributed by atoms with Crippen molar-refractivity contribution in [1.29, 1.82) is 0 Å². The molecule has 0 spiro atoms. The number of hydrogen-bond donors (Lipinski definition) is 3. The quantitative estimate of drug-likeness (QED) is 0.677. The number of fused-ring (bicyclic) bond motifs is 1. The third-order valence-corrected chi connectivity index (χ3v) is 3.72. The molecule has 0 amide bonds. The summed E-state index contributed by atoms with van der Waals surface area (Å²) in [6.07, 6.45) is 0.627. The Morgan fingerprint density at radius 2 is 2.20 bits per heavy atom. The second-order valence-electron chi connectivity index (χ2n) is 5.04. The van der Waals surface area contributed by atoms with Crippen LogP contribution in [0.15, 0.2) is 24.5 Å². The molecule has 2 aromatic rings. The number of hydrogen-bond acceptors (Lipinski definition) is 6. The topological polar surface area (TPSA) is 101 Å². The van der Waals surface area contributed by atoms with Crippen molar-refractivity contribution in [1.82, 2.24) is 14.8 Å². The first-order valence-corrected chi connectivity index (χ1v) is 6.56. The molecule has 0 saturated carbocycles. The van der Waals surface area contributed by atoms with E-state index in [1.54, 1.807) is 17.1 Å². The molecule has 20 heavy (non-hydrogen) atoms. The zero-order valence-electron chi connectivity index (χ0n) is 10.8. The van der Waals surface area contributed by atoms with Gasteiger partial charge in [-0.2, -0.15) is 5.10 Å². The number of aromatic nitrogens is 3. The van der Waals surface area contributed by atoms with Crippen LogP contribution in [0.25, 0.3) is 11.0 Å². The highest BCUT2D eigenvalue weighted by Gasteiger charge is 2.38. The molecule has 1 aliphatic heterocycles. The summed E-state index contributed by atoms with van der Waals surface area (Å²) in [5.41, 5.74) is 0.735. The lowest BCUT2D eigenvalue weighted by atomic mass is 9.92. The van der Waals surface area contributed by atoms with E-state index in [1.807, 2.05) is 12.1 Å². The Balaban J connectivity index is 1.78. The fourth-order valence-electron chi connectivity index (χ4n) is 2.53. The van der Waals surface area contributed by atoms with E-state index in [0.717, 1.165) is 11.0 Å². The Labute approximate surface area is 115 Å². The number of aliphatic hydroxyl groups is 3. The summed E-state index contributed by atoms with van der Waals surface area (Å²) in [4.78, 5) is 4.26. The minimum atomic E-state index is -1.09. The lowest BCUT2D eigenvalue weighted by Gasteiger charge is -2.36. The third-order valence-electron chi connectivity index (χ3n) is 3.72. The molecule has 0 aliphatic carbocycles. The molecular formula is C13H17N3O4. The molecule has 1 fully saturated rings. The average molecular weight is 279 g/mol. The van der Waals surface area contributed by atoms with Crippen LogP contribution >= 0.6 is 0 Å². The third kappa shape index (κ3) is 2.29. The molecule has 7 nitrogen and oxygen atoms in total. The van der Waals surface area contributed by atoms with Crippen molar-refractivity contribution < 1.29 is 20.1 Å². The van der Waals surface area contributed by atoms with Crippen molar-refractivity contribution in [3.8, 4) is 0 Å². The first-order chi connectivity index (χ1) is 9.70. The maximum absolute atomic E-state index is 10.1. The van der Waals surface area contributed by atoms with Gasteiger partial charge >= 0.3 is 0 Å². The first-order valence-electron chi connectivity index (χ1n) is 6.56. The highest BCUT2D eigenvalue weighted by atomic mass is 16.5. The fourth-order valence-corrected chi connectivity index (χ4v) is 2.53. The van der Waals surface area contributed by atoms with Crippen molar-refractivity contribution in [3.63, 3.8) is 0 Å². The van der Waals surface area contributed by atoms with Gasteiger partial charge in [0.05, 0.1) is 32.1 Å². The van der Waals surface area contributed by atoms with Crippen LogP contribution in [0.1, 0.15) is 0 Å². The average Bonchev–Trinajstić information content (AvgIpc) is 2.88. The minimum absolute atomic E-state index is 0.262. The maximum Gasteiger partial charge on any atom is 0.157 e. The number of ether oxygens (including phenoxy) is 1. The summed E-state index contributed by atoms with van der Waals surface area (Å²) in [6.45, 7) is 0.353. The Bertz CT molecular complexity index is 588. The molecule has 2 aromatic heterocycles. The van der Waals surface area contributed by atoms with Crippen LogP contribution in [-0.2, 0) is 11.3 Å². The van der Waals surface area contributed by atoms with Crippen LogP contribution in [0.2, 0.25) is 0 Å². The van der Waals surface area contributed by atoms with E-state index in [4.69, 9.17) is 9.84 Å². The number of aliphatic hydroxyl groups excluding tert-OH is 3. The molecule has 3 N–H and O–H groups in total. The SMILES string of the molecule is OC[C@H]1OC[C@@H](Cn2ncc3cccnc32)[C@@H](O)[C@H]1O. The Morgan fingerprint density at radius 1 is 1.35 bits per heavy atom. The molecule has 4 atom stereocenters. The van der Waals surface area contributed by atoms with Crippen molar-refractivity contribution in [2.24, 2.45) is 5.92 Å². The van der Waals surface area contributed by atoms with E-state index in [2.05, 4.69) is 10.1 Å². The fraction of sp³-hybridized carbons (Fsp3) is 0.538. The highest BCUT2D eigenvalue weighted by Crippen LogP contribution is 2.23. The van der Waals surface area contributed by atoms with Gasteiger partial charge in [0.15, 0.2) is 5.65 Å². The molecule has 0 unspecified atom stereocenters. The van der Waals surface area contributed by atoms with Gasteiger partial charge in [-0.3, -0.25) is 0 Å². The second kappa shape index (κ2) is 5.45. The van der Waals surface area contributed by atoms with Gasteiger partial charge in [-0.25, -0.2) is 9.67 Å². The minimum Gasteiger partial charge on any atom is -0.394 e. The molecular weight excluding hydrogens is 262 g/mol. The molecule has 7 heteroatoms. The predicted octanol–water partition coefficient (Wildman–Crippen LogP) is -0.840. The summed E-state index contributed by atoms with van der Waals surface area (Å²) < 4.78 is 7.05. The van der Waals surface area contributed by atoms with Gasteiger partial charge in [0.1, 0.15) is 12.2 Å². The second-order valence-corrected chi connectivity index (χ2v) is 5.04. The van der Waals surface area contributed by atoms with E-state index in [1.165, 1.54) is 0 Å². The van der Waals surface area contributed by atoms with Crippen LogP contribution in [0, 0.1) is 5.92 Å². The number of pyridine rings is 1. The molecule has 108 valence electrons. The van der Waals surface area contributed by atoms with E-state index in [9.17, 15) is 10.2 Å². The van der Waals surface area contributed by atoms with Crippen molar-refractivity contribution in [3.05, 3.63) is 24.5 Å². The van der Waals surface area contributed by atoms with Gasteiger partial charge in [0.2, 0.25) is 0 Å². The Kier molecular flexibility index (Phi) is 3.66. The monoisotopic (exact) mass is 279 g/mol. The molecule has 3 heterocycles. The summed E-state index contributed by atoms with van der Waals surface area (Å²) in [5.74, 6) is -0.294. The summed E-state index contributed by atoms with van der Waals surface area (Å²) in [7, 11) is 0. The van der Waals surface area contributed by atoms with E-state index < -0.39 is 18.3 Å². The number of nitrogens with zero attached hydrogens (tertiary/aromatic N) is 3. The molecule has 3 rings (SSSR count). The molecule has 0 aromatic carbocycles. The van der Waals surface area contributed by atoms with Gasteiger partial charge in [-0.15, -0.1) is 0 Å². The van der Waals surface area contributed by atoms with Crippen LogP contribution < -0.4 is 0 Å². The largest absolute Gasteiger partial charge is 0.394 e. The summed E-state index contributed by atoms with van der Waals surface area (Å²) in [6, 6.07) is 3.75. The lowest BCUT2D eigenvalue weighted by Crippen LogP contribution is -2.52. The number of rotatable bonds is 3. The Morgan fingerprint density at radius 3 is 3.00 bits per heavy atom. The van der Waals surface area contributed by atoms with Gasteiger partial charge in [0, 0.05) is 17.5 Å². The van der Waals surface area contributed by atoms with E-state index in [0.29, 0.717) is 6.54 Å². The van der Waals surface area contributed by atoms with Crippen LogP contribution in [0.3, 0.4) is 0 Å². The van der Waals surface area contributed by atoms with E-state index in [-0.39, 0.29) is 19.1 Å². The molecule has 1 saturated heterocycles. The van der Waals surface area contributed by atoms with Crippen molar-refractivity contribution in [2.75, 3.05) is 13.2 Å². The summed E-state index contributed by atoms with van der Waals surface area (Å²) in [5, 5.41) is 34.2. The standard InChI is InChI=1S/C13H17N3O4/c17-6-10-12(19)11(18)9(7-20-10)5-16-13-8(4-15-16)2-1-3-14-13/h1-4,9-12,17-19H,5-7H2/t9-,10-,11-,12+/m1/s1. The van der Waals surface area contributed by atoms with Gasteiger partial charge in [-0.1, -0.05) is 0 Å². The zero-order valence-corrected chi connectivity index (χ0v) is 10.8. The lowest BCUT2D eigenvalue weighted by molar-refractivity contribution is -0.177. The van der Waals surface area contributed by atoms with Crippen molar-refractivity contribution in [2.45, 2.75) is 24.9 Å². The van der Waals surface area contributed by atoms with Crippen LogP contribution in [-0.4, -0.2) is 61.6 Å². The molecule has 0 bridgehead atoms. The molecule has 1 aliphatic rings. The first kappa shape index (κ1) is 13.4. The van der Waals surface area contributed by atoms with Gasteiger partial charge in [0.25, 0.3) is 0 Å². The van der Waals surface area contributed by atoms with Crippen LogP contribution in [0.5, 0.6) is 0 Å². The predicted molar refractivity (Wildman–Crippen MR) is 69.9 cm³/mol. The van der Waals surface area contributed by atoms with Crippen molar-refractivity contribution >= 4 is 11.0 Å². The zero-order chi connectivity index (χ0) is 14.1. The van der Waals surface area contributed by atoms with Gasteiger partial charge < -0.3 is 20.1 Å². The Hall–Kier alpha value is -1.54. The van der Waals surface area contributed by atoms with Crippen LogP contribution in [0.4, 0.5) is 0 Å². The highest BCUT2D eigenvalue weighted by molar-refractivity contribution is 5.73. The summed E-state index contributed by atoms with van der Waals surface area (Å²) >= 11 is 0. The molecule has 0 radical (unpaired) electrons. The normalized spacial score (nSPS) is 30.8. The smallest absolute Gasteiger partial charge is 0.157 e. The van der Waals surface area contributed by atoms with E-state index >= 15 is 0 Å². The maximum atomic E-state index is 10.1.